The van der Waals surface area contributed by atoms with Gasteiger partial charge in [-0.25, -0.2) is 0 Å². The number of benzene rings is 1. The number of ether oxygens (including phenoxy) is 1. The number of carbonyl (C=O) groups excluding carboxylic acids is 1. The zero-order valence-electron chi connectivity index (χ0n) is 14.3. The molecule has 0 spiro atoms. The first kappa shape index (κ1) is 17.0. The van der Waals surface area contributed by atoms with Gasteiger partial charge in [0.05, 0.1) is 6.61 Å². The molecule has 1 saturated heterocycles. The van der Waals surface area contributed by atoms with Gasteiger partial charge in [-0.15, -0.1) is 0 Å². The van der Waals surface area contributed by atoms with Crippen molar-refractivity contribution in [3.05, 3.63) is 35.9 Å². The maximum absolute atomic E-state index is 11.9. The van der Waals surface area contributed by atoms with E-state index in [1.807, 2.05) is 6.92 Å². The molecule has 3 nitrogen and oxygen atoms in total. The SMILES string of the molecule is CCOC(=O)C[C@H]1CCN(Cc2ccccc2)[C@H]1C(C)(C)C. The third kappa shape index (κ3) is 4.33. The van der Waals surface area contributed by atoms with Crippen molar-refractivity contribution < 1.29 is 9.53 Å². The Labute approximate surface area is 134 Å². The zero-order valence-corrected chi connectivity index (χ0v) is 14.3. The van der Waals surface area contributed by atoms with Crippen molar-refractivity contribution in [2.75, 3.05) is 13.2 Å². The van der Waals surface area contributed by atoms with Crippen LogP contribution in [-0.4, -0.2) is 30.1 Å². The van der Waals surface area contributed by atoms with Gasteiger partial charge in [-0.2, -0.15) is 0 Å². The first-order valence-corrected chi connectivity index (χ1v) is 8.35. The van der Waals surface area contributed by atoms with Gasteiger partial charge in [-0.1, -0.05) is 51.1 Å². The number of hydrogen-bond acceptors (Lipinski definition) is 3. The molecule has 0 radical (unpaired) electrons. The number of nitrogens with zero attached hydrogens (tertiary/aromatic N) is 1. The van der Waals surface area contributed by atoms with Crippen LogP contribution in [0.5, 0.6) is 0 Å². The lowest BCUT2D eigenvalue weighted by molar-refractivity contribution is -0.144. The molecule has 0 aliphatic carbocycles. The Hall–Kier alpha value is -1.35. The van der Waals surface area contributed by atoms with Crippen molar-refractivity contribution in [3.63, 3.8) is 0 Å². The Kier molecular flexibility index (Phi) is 5.63. The van der Waals surface area contributed by atoms with E-state index >= 15 is 0 Å². The smallest absolute Gasteiger partial charge is 0.306 e. The average Bonchev–Trinajstić information content (AvgIpc) is 2.82. The van der Waals surface area contributed by atoms with Gasteiger partial charge in [-0.3, -0.25) is 9.69 Å². The summed E-state index contributed by atoms with van der Waals surface area (Å²) in [6, 6.07) is 11.0. The molecule has 0 unspecified atom stereocenters. The molecule has 0 bridgehead atoms. The third-order valence-electron chi connectivity index (χ3n) is 4.48. The van der Waals surface area contributed by atoms with Crippen LogP contribution in [0.1, 0.15) is 46.1 Å². The molecule has 0 N–H and O–H groups in total. The zero-order chi connectivity index (χ0) is 16.2. The topological polar surface area (TPSA) is 29.5 Å². The molecule has 22 heavy (non-hydrogen) atoms. The van der Waals surface area contributed by atoms with Crippen LogP contribution in [0.25, 0.3) is 0 Å². The maximum Gasteiger partial charge on any atom is 0.306 e. The van der Waals surface area contributed by atoms with Crippen molar-refractivity contribution in [2.24, 2.45) is 11.3 Å². The molecule has 1 aromatic carbocycles. The number of hydrogen-bond donors (Lipinski definition) is 0. The third-order valence-corrected chi connectivity index (χ3v) is 4.48. The second kappa shape index (κ2) is 7.28. The van der Waals surface area contributed by atoms with Gasteiger partial charge < -0.3 is 4.74 Å². The van der Waals surface area contributed by atoms with E-state index in [0.717, 1.165) is 19.5 Å². The summed E-state index contributed by atoms with van der Waals surface area (Å²) >= 11 is 0. The lowest BCUT2D eigenvalue weighted by Crippen LogP contribution is -2.43. The summed E-state index contributed by atoms with van der Waals surface area (Å²) in [5.74, 6) is 0.339. The minimum atomic E-state index is -0.0525. The Balaban J connectivity index is 2.09. The van der Waals surface area contributed by atoms with E-state index < -0.39 is 0 Å². The number of carbonyl (C=O) groups is 1. The van der Waals surface area contributed by atoms with E-state index in [1.54, 1.807) is 0 Å². The quantitative estimate of drug-likeness (QED) is 0.773. The van der Waals surface area contributed by atoms with E-state index in [2.05, 4.69) is 56.0 Å². The molecule has 1 aliphatic heterocycles. The van der Waals surface area contributed by atoms with Gasteiger partial charge in [0.15, 0.2) is 0 Å². The Morgan fingerprint density at radius 1 is 1.27 bits per heavy atom. The van der Waals surface area contributed by atoms with Gasteiger partial charge in [-0.05, 0) is 36.8 Å². The molecule has 3 heteroatoms. The van der Waals surface area contributed by atoms with E-state index in [1.165, 1.54) is 5.56 Å². The fraction of sp³-hybridized carbons (Fsp3) is 0.632. The summed E-state index contributed by atoms with van der Waals surface area (Å²) in [4.78, 5) is 14.4. The van der Waals surface area contributed by atoms with Crippen LogP contribution in [0.3, 0.4) is 0 Å². The van der Waals surface area contributed by atoms with Gasteiger partial charge in [0.2, 0.25) is 0 Å². The lowest BCUT2D eigenvalue weighted by Gasteiger charge is -2.38. The van der Waals surface area contributed by atoms with Crippen molar-refractivity contribution in [2.45, 2.75) is 53.1 Å². The molecule has 1 aliphatic rings. The molecule has 1 fully saturated rings. The van der Waals surface area contributed by atoms with E-state index in [9.17, 15) is 4.79 Å². The van der Waals surface area contributed by atoms with Crippen LogP contribution in [0.4, 0.5) is 0 Å². The molecular weight excluding hydrogens is 274 g/mol. The van der Waals surface area contributed by atoms with Crippen LogP contribution < -0.4 is 0 Å². The predicted molar refractivity (Wildman–Crippen MR) is 89.5 cm³/mol. The summed E-state index contributed by atoms with van der Waals surface area (Å²) in [5, 5.41) is 0. The first-order chi connectivity index (χ1) is 10.4. The Morgan fingerprint density at radius 3 is 2.55 bits per heavy atom. The molecule has 122 valence electrons. The van der Waals surface area contributed by atoms with Gasteiger partial charge in [0.1, 0.15) is 0 Å². The number of esters is 1. The fourth-order valence-corrected chi connectivity index (χ4v) is 3.82. The van der Waals surface area contributed by atoms with Crippen LogP contribution in [0, 0.1) is 11.3 Å². The summed E-state index contributed by atoms with van der Waals surface area (Å²) in [7, 11) is 0. The molecule has 2 rings (SSSR count). The number of rotatable bonds is 5. The van der Waals surface area contributed by atoms with Crippen molar-refractivity contribution in [1.82, 2.24) is 4.90 Å². The van der Waals surface area contributed by atoms with Crippen LogP contribution in [-0.2, 0) is 16.1 Å². The summed E-state index contributed by atoms with van der Waals surface area (Å²) in [6.45, 7) is 11.2. The highest BCUT2D eigenvalue weighted by atomic mass is 16.5. The highest BCUT2D eigenvalue weighted by Gasteiger charge is 2.42. The van der Waals surface area contributed by atoms with Crippen molar-refractivity contribution >= 4 is 5.97 Å². The molecule has 0 saturated carbocycles. The maximum atomic E-state index is 11.9. The van der Waals surface area contributed by atoms with Gasteiger partial charge in [0, 0.05) is 19.0 Å². The number of likely N-dealkylation sites (tertiary alicyclic amines) is 1. The standard InChI is InChI=1S/C19H29NO2/c1-5-22-17(21)13-16-11-12-20(18(16)19(2,3)4)14-15-9-7-6-8-10-15/h6-10,16,18H,5,11-14H2,1-4H3/t16-,18-/m1/s1. The second-order valence-corrected chi connectivity index (χ2v) is 7.32. The highest BCUT2D eigenvalue weighted by Crippen LogP contribution is 2.39. The molecule has 1 heterocycles. The molecule has 1 aromatic rings. The molecule has 0 amide bonds. The monoisotopic (exact) mass is 303 g/mol. The van der Waals surface area contributed by atoms with Gasteiger partial charge in [0.25, 0.3) is 0 Å². The van der Waals surface area contributed by atoms with Crippen LogP contribution in [0.2, 0.25) is 0 Å². The lowest BCUT2D eigenvalue weighted by atomic mass is 9.78. The Morgan fingerprint density at radius 2 is 1.95 bits per heavy atom. The minimum Gasteiger partial charge on any atom is -0.466 e. The van der Waals surface area contributed by atoms with Gasteiger partial charge >= 0.3 is 5.97 Å². The fourth-order valence-electron chi connectivity index (χ4n) is 3.82. The minimum absolute atomic E-state index is 0.0525. The van der Waals surface area contributed by atoms with E-state index in [4.69, 9.17) is 4.74 Å². The van der Waals surface area contributed by atoms with Crippen molar-refractivity contribution in [3.8, 4) is 0 Å². The normalized spacial score (nSPS) is 22.7. The average molecular weight is 303 g/mol. The largest absolute Gasteiger partial charge is 0.466 e. The Bertz CT molecular complexity index is 478. The van der Waals surface area contributed by atoms with E-state index in [0.29, 0.717) is 25.0 Å². The van der Waals surface area contributed by atoms with Crippen LogP contribution in [0.15, 0.2) is 30.3 Å². The summed E-state index contributed by atoms with van der Waals surface area (Å²) in [6.07, 6.45) is 1.62. The molecular formula is C19H29NO2. The first-order valence-electron chi connectivity index (χ1n) is 8.35. The summed E-state index contributed by atoms with van der Waals surface area (Å²) < 4.78 is 5.16. The van der Waals surface area contributed by atoms with Crippen molar-refractivity contribution in [1.29, 1.82) is 0 Å². The molecule has 2 atom stereocenters. The second-order valence-electron chi connectivity index (χ2n) is 7.32. The molecule has 0 aromatic heterocycles. The van der Waals surface area contributed by atoms with E-state index in [-0.39, 0.29) is 11.4 Å². The van der Waals surface area contributed by atoms with Crippen LogP contribution >= 0.6 is 0 Å². The predicted octanol–water partition coefficient (Wildman–Crippen LogP) is 3.88. The highest BCUT2D eigenvalue weighted by molar-refractivity contribution is 5.69. The summed E-state index contributed by atoms with van der Waals surface area (Å²) in [5.41, 5.74) is 1.50.